The Morgan fingerprint density at radius 1 is 1.33 bits per heavy atom. The summed E-state index contributed by atoms with van der Waals surface area (Å²) < 4.78 is 5.92. The van der Waals surface area contributed by atoms with E-state index in [1.165, 1.54) is 0 Å². The van der Waals surface area contributed by atoms with Gasteiger partial charge in [0.2, 0.25) is 5.91 Å². The number of aromatic nitrogens is 3. The van der Waals surface area contributed by atoms with Crippen LogP contribution in [0.15, 0.2) is 30.2 Å². The predicted molar refractivity (Wildman–Crippen MR) is 89.4 cm³/mol. The Labute approximate surface area is 144 Å². The van der Waals surface area contributed by atoms with Gasteiger partial charge in [-0.05, 0) is 5.92 Å². The van der Waals surface area contributed by atoms with Crippen LogP contribution in [0, 0.1) is 11.8 Å². The lowest BCUT2D eigenvalue weighted by Gasteiger charge is -2.18. The topological polar surface area (TPSA) is 80.2 Å². The minimum atomic E-state index is -0.0249. The summed E-state index contributed by atoms with van der Waals surface area (Å²) in [6.45, 7) is 3.42. The van der Waals surface area contributed by atoms with Crippen molar-refractivity contribution in [1.29, 1.82) is 0 Å². The summed E-state index contributed by atoms with van der Waals surface area (Å²) >= 11 is 1.68. The number of fused-ring (bicyclic) bond motifs is 1. The van der Waals surface area contributed by atoms with Gasteiger partial charge in [0.1, 0.15) is 5.01 Å². The molecule has 0 bridgehead atoms. The quantitative estimate of drug-likeness (QED) is 0.882. The lowest BCUT2D eigenvalue weighted by molar-refractivity contribution is -0.117. The van der Waals surface area contributed by atoms with Gasteiger partial charge in [0.05, 0.1) is 25.5 Å². The number of likely N-dealkylation sites (tertiary alicyclic amines) is 1. The van der Waals surface area contributed by atoms with Gasteiger partial charge in [0, 0.05) is 49.4 Å². The van der Waals surface area contributed by atoms with Crippen LogP contribution in [0.2, 0.25) is 0 Å². The number of amides is 1. The summed E-state index contributed by atoms with van der Waals surface area (Å²) in [7, 11) is 0. The molecule has 1 amide bonds. The average Bonchev–Trinajstić information content (AvgIpc) is 3.28. The number of carbonyl (C=O) groups is 1. The van der Waals surface area contributed by atoms with Gasteiger partial charge in [-0.25, -0.2) is 9.97 Å². The molecule has 8 heteroatoms. The minimum Gasteiger partial charge on any atom is -0.376 e. The summed E-state index contributed by atoms with van der Waals surface area (Å²) in [5, 5.41) is 5.94. The molecular formula is C16H19N5O2S. The smallest absolute Gasteiger partial charge is 0.225 e. The number of thiazole rings is 1. The van der Waals surface area contributed by atoms with E-state index in [0.717, 1.165) is 24.6 Å². The number of rotatable bonds is 5. The Hall–Kier alpha value is -1.90. The summed E-state index contributed by atoms with van der Waals surface area (Å²) in [5.41, 5.74) is 0. The third-order valence-electron chi connectivity index (χ3n) is 4.64. The highest BCUT2D eigenvalue weighted by Crippen LogP contribution is 2.36. The molecule has 1 N–H and O–H groups in total. The Morgan fingerprint density at radius 2 is 2.29 bits per heavy atom. The van der Waals surface area contributed by atoms with Crippen LogP contribution in [0.25, 0.3) is 0 Å². The van der Waals surface area contributed by atoms with Gasteiger partial charge in [-0.15, -0.1) is 11.3 Å². The zero-order valence-corrected chi connectivity index (χ0v) is 14.0. The van der Waals surface area contributed by atoms with Gasteiger partial charge in [-0.1, -0.05) is 0 Å². The number of nitrogens with one attached hydrogen (secondary N) is 1. The van der Waals surface area contributed by atoms with E-state index in [1.54, 1.807) is 29.9 Å². The first kappa shape index (κ1) is 15.6. The van der Waals surface area contributed by atoms with Gasteiger partial charge >= 0.3 is 0 Å². The Kier molecular flexibility index (Phi) is 4.50. The molecule has 126 valence electrons. The third-order valence-corrected chi connectivity index (χ3v) is 5.40. The fourth-order valence-electron chi connectivity index (χ4n) is 3.54. The molecule has 3 atom stereocenters. The third kappa shape index (κ3) is 3.45. The number of carbonyl (C=O) groups excluding carboxylic acids is 1. The van der Waals surface area contributed by atoms with Gasteiger partial charge < -0.3 is 10.1 Å². The average molecular weight is 345 g/mol. The normalized spacial score (nSPS) is 26.4. The molecule has 2 aromatic heterocycles. The molecule has 0 aliphatic carbocycles. The SMILES string of the molecule is O=C(C[C@@H]1CO[C@@H]2CN(Cc3nccs3)C[C@H]12)Nc1cnccn1. The molecule has 0 spiro atoms. The molecule has 2 aliphatic rings. The molecular weight excluding hydrogens is 326 g/mol. The van der Waals surface area contributed by atoms with Crippen LogP contribution in [0.4, 0.5) is 5.82 Å². The van der Waals surface area contributed by atoms with E-state index in [-0.39, 0.29) is 17.9 Å². The zero-order valence-electron chi connectivity index (χ0n) is 13.2. The van der Waals surface area contributed by atoms with Crippen molar-refractivity contribution in [3.63, 3.8) is 0 Å². The molecule has 0 radical (unpaired) electrons. The zero-order chi connectivity index (χ0) is 16.4. The Morgan fingerprint density at radius 3 is 3.08 bits per heavy atom. The van der Waals surface area contributed by atoms with Crippen LogP contribution >= 0.6 is 11.3 Å². The summed E-state index contributed by atoms with van der Waals surface area (Å²) in [5.74, 6) is 1.14. The first-order valence-electron chi connectivity index (χ1n) is 8.06. The van der Waals surface area contributed by atoms with E-state index in [1.807, 2.05) is 11.6 Å². The number of ether oxygens (including phenoxy) is 1. The molecule has 2 saturated heterocycles. The highest BCUT2D eigenvalue weighted by molar-refractivity contribution is 7.09. The summed E-state index contributed by atoms with van der Waals surface area (Å²) in [6.07, 6.45) is 7.24. The van der Waals surface area contributed by atoms with Gasteiger partial charge in [0.25, 0.3) is 0 Å². The molecule has 2 aliphatic heterocycles. The van der Waals surface area contributed by atoms with E-state index in [9.17, 15) is 4.79 Å². The predicted octanol–water partition coefficient (Wildman–Crippen LogP) is 1.41. The fourth-order valence-corrected chi connectivity index (χ4v) is 4.19. The maximum atomic E-state index is 12.2. The van der Waals surface area contributed by atoms with Crippen molar-refractivity contribution in [2.75, 3.05) is 25.0 Å². The number of anilines is 1. The summed E-state index contributed by atoms with van der Waals surface area (Å²) in [4.78, 5) is 27.0. The van der Waals surface area contributed by atoms with Gasteiger partial charge in [0.15, 0.2) is 5.82 Å². The van der Waals surface area contributed by atoms with E-state index in [4.69, 9.17) is 4.74 Å². The van der Waals surface area contributed by atoms with Crippen LogP contribution in [0.3, 0.4) is 0 Å². The van der Waals surface area contributed by atoms with Crippen molar-refractivity contribution in [1.82, 2.24) is 19.9 Å². The van der Waals surface area contributed by atoms with E-state index in [2.05, 4.69) is 25.2 Å². The molecule has 0 aromatic carbocycles. The Balaban J connectivity index is 1.31. The number of hydrogen-bond acceptors (Lipinski definition) is 7. The van der Waals surface area contributed by atoms with Crippen LogP contribution in [-0.4, -0.2) is 51.6 Å². The lowest BCUT2D eigenvalue weighted by Crippen LogP contribution is -2.26. The maximum Gasteiger partial charge on any atom is 0.225 e. The molecule has 2 aromatic rings. The standard InChI is InChI=1S/C16H19N5O2S/c22-15(20-14-6-17-1-2-18-14)5-11-10-23-13-8-21(7-12(11)13)9-16-19-3-4-24-16/h1-4,6,11-13H,5,7-10H2,(H,18,20,22)/t11-,12-,13-/m1/s1. The van der Waals surface area contributed by atoms with Crippen molar-refractivity contribution >= 4 is 23.1 Å². The molecule has 24 heavy (non-hydrogen) atoms. The molecule has 0 saturated carbocycles. The van der Waals surface area contributed by atoms with Gasteiger partial charge in [-0.2, -0.15) is 0 Å². The van der Waals surface area contributed by atoms with E-state index >= 15 is 0 Å². The van der Waals surface area contributed by atoms with Crippen molar-refractivity contribution in [2.45, 2.75) is 19.1 Å². The van der Waals surface area contributed by atoms with E-state index < -0.39 is 0 Å². The van der Waals surface area contributed by atoms with Crippen LogP contribution in [-0.2, 0) is 16.1 Å². The second kappa shape index (κ2) is 6.92. The van der Waals surface area contributed by atoms with Crippen molar-refractivity contribution in [2.24, 2.45) is 11.8 Å². The monoisotopic (exact) mass is 345 g/mol. The second-order valence-electron chi connectivity index (χ2n) is 6.26. The number of hydrogen-bond donors (Lipinski definition) is 1. The highest BCUT2D eigenvalue weighted by Gasteiger charge is 2.44. The number of nitrogens with zero attached hydrogens (tertiary/aromatic N) is 4. The molecule has 7 nitrogen and oxygen atoms in total. The first-order valence-corrected chi connectivity index (χ1v) is 8.94. The highest BCUT2D eigenvalue weighted by atomic mass is 32.1. The first-order chi connectivity index (χ1) is 11.8. The Bertz CT molecular complexity index is 681. The lowest BCUT2D eigenvalue weighted by atomic mass is 9.90. The molecule has 0 unspecified atom stereocenters. The van der Waals surface area contributed by atoms with Crippen LogP contribution in [0.5, 0.6) is 0 Å². The van der Waals surface area contributed by atoms with Crippen LogP contribution < -0.4 is 5.32 Å². The van der Waals surface area contributed by atoms with Gasteiger partial charge in [-0.3, -0.25) is 14.7 Å². The minimum absolute atomic E-state index is 0.0249. The van der Waals surface area contributed by atoms with E-state index in [0.29, 0.717) is 24.8 Å². The van der Waals surface area contributed by atoms with Crippen LogP contribution in [0.1, 0.15) is 11.4 Å². The molecule has 2 fully saturated rings. The fraction of sp³-hybridized carbons (Fsp3) is 0.500. The van der Waals surface area contributed by atoms with Crippen molar-refractivity contribution in [3.8, 4) is 0 Å². The second-order valence-corrected chi connectivity index (χ2v) is 7.24. The molecule has 4 rings (SSSR count). The van der Waals surface area contributed by atoms with Crippen molar-refractivity contribution < 1.29 is 9.53 Å². The maximum absolute atomic E-state index is 12.2. The summed E-state index contributed by atoms with van der Waals surface area (Å²) in [6, 6.07) is 0. The molecule has 4 heterocycles. The largest absolute Gasteiger partial charge is 0.376 e. The van der Waals surface area contributed by atoms with Crippen molar-refractivity contribution in [3.05, 3.63) is 35.2 Å².